The number of hydrogen-bond donors (Lipinski definition) is 2. The van der Waals surface area contributed by atoms with E-state index >= 15 is 0 Å². The molecule has 1 aromatic rings. The van der Waals surface area contributed by atoms with Crippen LogP contribution in [-0.2, 0) is 11.3 Å². The second-order valence-corrected chi connectivity index (χ2v) is 6.33. The second-order valence-electron chi connectivity index (χ2n) is 6.33. The minimum absolute atomic E-state index is 0.0729. The highest BCUT2D eigenvalue weighted by Crippen LogP contribution is 2.36. The van der Waals surface area contributed by atoms with Crippen molar-refractivity contribution < 1.29 is 9.59 Å². The number of hydrogen-bond acceptors (Lipinski definition) is 3. The molecule has 0 aromatic heterocycles. The Kier molecular flexibility index (Phi) is 3.35. The van der Waals surface area contributed by atoms with Crippen molar-refractivity contribution in [3.05, 3.63) is 29.8 Å². The van der Waals surface area contributed by atoms with Gasteiger partial charge in [-0.1, -0.05) is 19.1 Å². The van der Waals surface area contributed by atoms with Gasteiger partial charge in [-0.05, 0) is 49.3 Å². The third kappa shape index (κ3) is 2.48. The number of urea groups is 1. The molecule has 3 amide bonds. The molecule has 1 aliphatic heterocycles. The van der Waals surface area contributed by atoms with Crippen LogP contribution in [0.5, 0.6) is 0 Å². The van der Waals surface area contributed by atoms with Crippen molar-refractivity contribution in [2.45, 2.75) is 44.7 Å². The molecule has 3 rings (SSSR count). The van der Waals surface area contributed by atoms with Crippen LogP contribution in [0.15, 0.2) is 24.3 Å². The number of carbonyl (C=O) groups excluding carboxylic acids is 2. The minimum atomic E-state index is -0.655. The molecule has 1 spiro atoms. The molecule has 2 aliphatic rings. The predicted molar refractivity (Wildman–Crippen MR) is 80.3 cm³/mol. The van der Waals surface area contributed by atoms with Gasteiger partial charge >= 0.3 is 6.03 Å². The first kappa shape index (κ1) is 13.9. The Hall–Kier alpha value is -2.04. The number of nitrogens with zero attached hydrogens (tertiary/aromatic N) is 1. The average Bonchev–Trinajstić information content (AvgIpc) is 2.69. The lowest BCUT2D eigenvalue weighted by Gasteiger charge is -2.33. The molecule has 0 atom stereocenters. The fraction of sp³-hybridized carbons (Fsp3) is 0.500. The maximum Gasteiger partial charge on any atom is 0.325 e. The van der Waals surface area contributed by atoms with Crippen LogP contribution in [0, 0.1) is 5.92 Å². The summed E-state index contributed by atoms with van der Waals surface area (Å²) < 4.78 is 0. The van der Waals surface area contributed by atoms with E-state index in [0.29, 0.717) is 18.2 Å². The van der Waals surface area contributed by atoms with Gasteiger partial charge in [0.25, 0.3) is 5.91 Å². The predicted octanol–water partition coefficient (Wildman–Crippen LogP) is 2.27. The van der Waals surface area contributed by atoms with Crippen LogP contribution in [0.1, 0.15) is 38.2 Å². The molecule has 1 aliphatic carbocycles. The van der Waals surface area contributed by atoms with Crippen molar-refractivity contribution in [1.29, 1.82) is 0 Å². The Labute approximate surface area is 124 Å². The molecule has 1 heterocycles. The average molecular weight is 287 g/mol. The quantitative estimate of drug-likeness (QED) is 0.647. The van der Waals surface area contributed by atoms with Gasteiger partial charge in [0.2, 0.25) is 0 Å². The number of nitrogens with one attached hydrogen (secondary N) is 1. The molecule has 0 radical (unpaired) electrons. The molecular weight excluding hydrogens is 266 g/mol. The van der Waals surface area contributed by atoms with Gasteiger partial charge in [0.05, 0.1) is 6.54 Å². The third-order valence-electron chi connectivity index (χ3n) is 4.69. The molecule has 21 heavy (non-hydrogen) atoms. The van der Waals surface area contributed by atoms with Crippen LogP contribution in [0.3, 0.4) is 0 Å². The topological polar surface area (TPSA) is 75.4 Å². The molecule has 5 heteroatoms. The van der Waals surface area contributed by atoms with E-state index in [9.17, 15) is 9.59 Å². The Morgan fingerprint density at radius 1 is 1.24 bits per heavy atom. The van der Waals surface area contributed by atoms with Crippen molar-refractivity contribution in [3.8, 4) is 0 Å². The lowest BCUT2D eigenvalue weighted by atomic mass is 9.77. The maximum absolute atomic E-state index is 12.7. The number of nitrogens with two attached hydrogens (primary N) is 1. The molecule has 0 bridgehead atoms. The van der Waals surface area contributed by atoms with E-state index in [-0.39, 0.29) is 11.9 Å². The van der Waals surface area contributed by atoms with Crippen LogP contribution in [0.4, 0.5) is 10.5 Å². The molecule has 0 unspecified atom stereocenters. The Morgan fingerprint density at radius 2 is 1.86 bits per heavy atom. The normalized spacial score (nSPS) is 29.0. The monoisotopic (exact) mass is 287 g/mol. The molecule has 1 aromatic carbocycles. The number of imide groups is 1. The van der Waals surface area contributed by atoms with Crippen LogP contribution < -0.4 is 11.1 Å². The Morgan fingerprint density at radius 3 is 2.48 bits per heavy atom. The molecule has 5 nitrogen and oxygen atoms in total. The van der Waals surface area contributed by atoms with E-state index in [2.05, 4.69) is 12.2 Å². The first-order valence-corrected chi connectivity index (χ1v) is 7.49. The summed E-state index contributed by atoms with van der Waals surface area (Å²) in [6.07, 6.45) is 3.47. The van der Waals surface area contributed by atoms with E-state index in [1.165, 1.54) is 4.90 Å². The van der Waals surface area contributed by atoms with Crippen molar-refractivity contribution >= 4 is 17.6 Å². The smallest absolute Gasteiger partial charge is 0.325 e. The number of carbonyl (C=O) groups is 2. The molecule has 112 valence electrons. The number of nitrogen functional groups attached to an aromatic ring is 1. The standard InChI is InChI=1S/C16H21N3O2/c1-11-6-8-16(9-7-11)14(20)19(15(21)18-16)10-12-2-4-13(17)5-3-12/h2-5,11H,6-10,17H2,1H3,(H,18,21). The zero-order valence-electron chi connectivity index (χ0n) is 12.3. The van der Waals surface area contributed by atoms with Gasteiger partial charge in [0.1, 0.15) is 5.54 Å². The van der Waals surface area contributed by atoms with Gasteiger partial charge in [-0.3, -0.25) is 9.69 Å². The Bertz CT molecular complexity index is 559. The van der Waals surface area contributed by atoms with Gasteiger partial charge in [-0.2, -0.15) is 0 Å². The van der Waals surface area contributed by atoms with Crippen molar-refractivity contribution in [2.75, 3.05) is 5.73 Å². The molecule has 2 fully saturated rings. The van der Waals surface area contributed by atoms with Gasteiger partial charge in [0, 0.05) is 5.69 Å². The molecular formula is C16H21N3O2. The van der Waals surface area contributed by atoms with Crippen molar-refractivity contribution in [3.63, 3.8) is 0 Å². The van der Waals surface area contributed by atoms with Crippen LogP contribution >= 0.6 is 0 Å². The zero-order valence-corrected chi connectivity index (χ0v) is 12.3. The van der Waals surface area contributed by atoms with Gasteiger partial charge < -0.3 is 11.1 Å². The minimum Gasteiger partial charge on any atom is -0.399 e. The van der Waals surface area contributed by atoms with Crippen LogP contribution in [-0.4, -0.2) is 22.4 Å². The van der Waals surface area contributed by atoms with Gasteiger partial charge in [-0.15, -0.1) is 0 Å². The number of rotatable bonds is 2. The number of benzene rings is 1. The highest BCUT2D eigenvalue weighted by atomic mass is 16.2. The van der Waals surface area contributed by atoms with Gasteiger partial charge in [0.15, 0.2) is 0 Å². The largest absolute Gasteiger partial charge is 0.399 e. The van der Waals surface area contributed by atoms with E-state index in [0.717, 1.165) is 31.2 Å². The second kappa shape index (κ2) is 5.06. The summed E-state index contributed by atoms with van der Waals surface area (Å²) in [4.78, 5) is 26.2. The fourth-order valence-electron chi connectivity index (χ4n) is 3.22. The molecule has 1 saturated heterocycles. The van der Waals surface area contributed by atoms with Crippen molar-refractivity contribution in [1.82, 2.24) is 10.2 Å². The van der Waals surface area contributed by atoms with Gasteiger partial charge in [-0.25, -0.2) is 4.79 Å². The van der Waals surface area contributed by atoms with Crippen LogP contribution in [0.25, 0.3) is 0 Å². The first-order valence-electron chi connectivity index (χ1n) is 7.49. The first-order chi connectivity index (χ1) is 10.00. The zero-order chi connectivity index (χ0) is 15.0. The summed E-state index contributed by atoms with van der Waals surface area (Å²) in [7, 11) is 0. The summed E-state index contributed by atoms with van der Waals surface area (Å²) in [6, 6.07) is 7.00. The summed E-state index contributed by atoms with van der Waals surface area (Å²) in [6.45, 7) is 2.50. The number of anilines is 1. The molecule has 3 N–H and O–H groups in total. The summed E-state index contributed by atoms with van der Waals surface area (Å²) in [5.74, 6) is 0.558. The van der Waals surface area contributed by atoms with E-state index < -0.39 is 5.54 Å². The van der Waals surface area contributed by atoms with E-state index in [1.807, 2.05) is 12.1 Å². The Balaban J connectivity index is 1.76. The van der Waals surface area contributed by atoms with E-state index in [4.69, 9.17) is 5.73 Å². The number of amides is 3. The fourth-order valence-corrected chi connectivity index (χ4v) is 3.22. The summed E-state index contributed by atoms with van der Waals surface area (Å²) in [5, 5.41) is 2.93. The summed E-state index contributed by atoms with van der Waals surface area (Å²) >= 11 is 0. The van der Waals surface area contributed by atoms with Crippen molar-refractivity contribution in [2.24, 2.45) is 5.92 Å². The lowest BCUT2D eigenvalue weighted by molar-refractivity contribution is -0.133. The van der Waals surface area contributed by atoms with E-state index in [1.54, 1.807) is 12.1 Å². The third-order valence-corrected chi connectivity index (χ3v) is 4.69. The lowest BCUT2D eigenvalue weighted by Crippen LogP contribution is -2.49. The van der Waals surface area contributed by atoms with Crippen LogP contribution in [0.2, 0.25) is 0 Å². The molecule has 1 saturated carbocycles. The summed E-state index contributed by atoms with van der Waals surface area (Å²) in [5.41, 5.74) is 6.58. The highest BCUT2D eigenvalue weighted by molar-refractivity contribution is 6.07. The SMILES string of the molecule is CC1CCC2(CC1)NC(=O)N(Cc1ccc(N)cc1)C2=O. The maximum atomic E-state index is 12.7. The highest BCUT2D eigenvalue weighted by Gasteiger charge is 2.51.